The average Bonchev–Trinajstić information content (AvgIpc) is 3.37. The molecule has 0 saturated carbocycles. The van der Waals surface area contributed by atoms with E-state index in [0.717, 1.165) is 18.5 Å². The monoisotopic (exact) mass is 615 g/mol. The number of benzene rings is 1. The predicted molar refractivity (Wildman–Crippen MR) is 162 cm³/mol. The van der Waals surface area contributed by atoms with Crippen molar-refractivity contribution >= 4 is 27.0 Å². The van der Waals surface area contributed by atoms with Gasteiger partial charge in [-0.2, -0.15) is 9.40 Å². The Labute approximate surface area is 251 Å². The first-order valence-electron chi connectivity index (χ1n) is 15.0. The molecule has 2 fully saturated rings. The molecule has 13 nitrogen and oxygen atoms in total. The van der Waals surface area contributed by atoms with E-state index in [1.165, 1.54) is 10.4 Å². The van der Waals surface area contributed by atoms with Gasteiger partial charge < -0.3 is 24.3 Å². The fourth-order valence-electron chi connectivity index (χ4n) is 5.40. The molecule has 5 rings (SSSR count). The maximum Gasteiger partial charge on any atom is 0.279 e. The molecule has 1 N–H and O–H groups in total. The summed E-state index contributed by atoms with van der Waals surface area (Å²) in [5, 5.41) is 4.56. The van der Waals surface area contributed by atoms with Crippen LogP contribution >= 0.6 is 0 Å². The van der Waals surface area contributed by atoms with Gasteiger partial charge in [0.1, 0.15) is 17.1 Å². The van der Waals surface area contributed by atoms with E-state index in [1.54, 1.807) is 21.7 Å². The number of rotatable bonds is 11. The van der Waals surface area contributed by atoms with Gasteiger partial charge in [0.25, 0.3) is 5.56 Å². The molecule has 43 heavy (non-hydrogen) atoms. The van der Waals surface area contributed by atoms with Gasteiger partial charge in [0.2, 0.25) is 15.9 Å². The lowest BCUT2D eigenvalue weighted by molar-refractivity contribution is -0.135. The molecule has 0 aliphatic carbocycles. The molecule has 234 valence electrons. The van der Waals surface area contributed by atoms with Crippen LogP contribution in [0.25, 0.3) is 22.4 Å². The Hall–Kier alpha value is -3.33. The molecule has 0 bridgehead atoms. The molecule has 2 saturated heterocycles. The normalized spacial score (nSPS) is 17.0. The van der Waals surface area contributed by atoms with Crippen molar-refractivity contribution in [1.82, 2.24) is 33.9 Å². The maximum absolute atomic E-state index is 13.6. The van der Waals surface area contributed by atoms with Crippen LogP contribution in [-0.2, 0) is 32.5 Å². The molecule has 0 spiro atoms. The molecule has 3 aromatic rings. The number of likely N-dealkylation sites (N-methyl/N-ethyl adjacent to an activating group) is 1. The highest BCUT2D eigenvalue weighted by molar-refractivity contribution is 7.89. The Morgan fingerprint density at radius 2 is 1.79 bits per heavy atom. The predicted octanol–water partition coefficient (Wildman–Crippen LogP) is 1.71. The van der Waals surface area contributed by atoms with Crippen LogP contribution in [0.5, 0.6) is 5.75 Å². The van der Waals surface area contributed by atoms with Gasteiger partial charge in [-0.1, -0.05) is 20.3 Å². The first-order valence-corrected chi connectivity index (χ1v) is 16.5. The molecule has 0 unspecified atom stereocenters. The lowest BCUT2D eigenvalue weighted by Gasteiger charge is -2.31. The number of nitrogens with one attached hydrogen (secondary N) is 1. The molecule has 14 heteroatoms. The summed E-state index contributed by atoms with van der Waals surface area (Å²) in [7, 11) is -1.80. The van der Waals surface area contributed by atoms with Crippen LogP contribution in [0.1, 0.15) is 38.8 Å². The highest BCUT2D eigenvalue weighted by Gasteiger charge is 2.29. The Morgan fingerprint density at radius 1 is 1.05 bits per heavy atom. The number of hydrogen-bond donors (Lipinski definition) is 1. The molecule has 1 aromatic carbocycles. The first kappa shape index (κ1) is 31.1. The number of carbonyl (C=O) groups excluding carboxylic acids is 1. The highest BCUT2D eigenvalue weighted by atomic mass is 32.2. The van der Waals surface area contributed by atoms with Crippen LogP contribution < -0.4 is 10.3 Å². The third-order valence-electron chi connectivity index (χ3n) is 7.86. The number of amides is 1. The number of aryl methyl sites for hydroxylation is 2. The Balaban J connectivity index is 1.52. The quantitative estimate of drug-likeness (QED) is 0.341. The van der Waals surface area contributed by atoms with Crippen molar-refractivity contribution in [2.24, 2.45) is 0 Å². The minimum Gasteiger partial charge on any atom is -0.493 e. The lowest BCUT2D eigenvalue weighted by Crippen LogP contribution is -2.47. The zero-order valence-corrected chi connectivity index (χ0v) is 26.0. The van der Waals surface area contributed by atoms with Gasteiger partial charge in [0.15, 0.2) is 5.52 Å². The number of sulfonamides is 1. The third-order valence-corrected chi connectivity index (χ3v) is 9.75. The molecule has 2 aliphatic rings. The number of aromatic nitrogens is 4. The van der Waals surface area contributed by atoms with Gasteiger partial charge in [-0.15, -0.1) is 0 Å². The van der Waals surface area contributed by atoms with E-state index in [-0.39, 0.29) is 28.6 Å². The molecule has 0 radical (unpaired) electrons. The largest absolute Gasteiger partial charge is 0.493 e. The number of ether oxygens (including phenoxy) is 2. The van der Waals surface area contributed by atoms with Crippen LogP contribution in [0.2, 0.25) is 0 Å². The number of morpholine rings is 1. The van der Waals surface area contributed by atoms with Crippen molar-refractivity contribution in [3.63, 3.8) is 0 Å². The number of fused-ring (bicyclic) bond motifs is 1. The average molecular weight is 616 g/mol. The van der Waals surface area contributed by atoms with Gasteiger partial charge in [0.05, 0.1) is 42.5 Å². The SMILES string of the molecule is CCCOc1ccc(S(=O)(=O)N2CCN(C)CC2)cc1-c1nc2c(CCC)n(CCC(=O)N3CCOCC3)nc2c(=O)[nH]1. The van der Waals surface area contributed by atoms with Gasteiger partial charge >= 0.3 is 0 Å². The fraction of sp³-hybridized carbons (Fsp3) is 0.586. The summed E-state index contributed by atoms with van der Waals surface area (Å²) in [5.41, 5.74) is 1.33. The van der Waals surface area contributed by atoms with Crippen molar-refractivity contribution in [2.45, 2.75) is 51.0 Å². The summed E-state index contributed by atoms with van der Waals surface area (Å²) in [6.45, 7) is 9.04. The standard InChI is InChI=1S/C29H41N7O6S/c1-4-6-23-26-27(32-36(23)10-9-25(37)34-15-18-41-19-16-34)29(38)31-28(30-26)22-20-21(7-8-24(22)42-17-5-2)43(39,40)35-13-11-33(3)12-14-35/h7-8,20H,4-6,9-19H2,1-3H3,(H,30,31,38). The van der Waals surface area contributed by atoms with E-state index in [4.69, 9.17) is 14.5 Å². The zero-order chi connectivity index (χ0) is 30.6. The summed E-state index contributed by atoms with van der Waals surface area (Å²) in [6, 6.07) is 4.71. The lowest BCUT2D eigenvalue weighted by atomic mass is 10.1. The van der Waals surface area contributed by atoms with E-state index in [1.807, 2.05) is 20.9 Å². The van der Waals surface area contributed by atoms with E-state index in [0.29, 0.717) is 88.9 Å². The smallest absolute Gasteiger partial charge is 0.279 e. The molecule has 1 amide bonds. The van der Waals surface area contributed by atoms with Crippen molar-refractivity contribution in [1.29, 1.82) is 0 Å². The van der Waals surface area contributed by atoms with Crippen LogP contribution in [0.15, 0.2) is 27.9 Å². The minimum atomic E-state index is -3.77. The van der Waals surface area contributed by atoms with E-state index >= 15 is 0 Å². The fourth-order valence-corrected chi connectivity index (χ4v) is 6.85. The van der Waals surface area contributed by atoms with Gasteiger partial charge in [-0.05, 0) is 38.1 Å². The van der Waals surface area contributed by atoms with Crippen molar-refractivity contribution in [3.05, 3.63) is 34.2 Å². The second-order valence-corrected chi connectivity index (χ2v) is 12.9. The molecule has 0 atom stereocenters. The van der Waals surface area contributed by atoms with Crippen LogP contribution in [0.4, 0.5) is 0 Å². The maximum atomic E-state index is 13.6. The number of aromatic amines is 1. The van der Waals surface area contributed by atoms with Crippen molar-refractivity contribution < 1.29 is 22.7 Å². The van der Waals surface area contributed by atoms with Crippen LogP contribution in [0, 0.1) is 0 Å². The second-order valence-electron chi connectivity index (χ2n) is 11.0. The summed E-state index contributed by atoms with van der Waals surface area (Å²) < 4.78 is 41.7. The van der Waals surface area contributed by atoms with E-state index in [2.05, 4.69) is 15.0 Å². The second kappa shape index (κ2) is 13.5. The Bertz CT molecular complexity index is 1610. The Kier molecular flexibility index (Phi) is 9.79. The summed E-state index contributed by atoms with van der Waals surface area (Å²) >= 11 is 0. The van der Waals surface area contributed by atoms with Gasteiger partial charge in [-0.3, -0.25) is 14.3 Å². The number of nitrogens with zero attached hydrogens (tertiary/aromatic N) is 6. The number of H-pyrrole nitrogens is 1. The number of carbonyl (C=O) groups is 1. The highest BCUT2D eigenvalue weighted by Crippen LogP contribution is 2.32. The van der Waals surface area contributed by atoms with Crippen molar-refractivity contribution in [2.75, 3.05) is 66.1 Å². The number of piperazine rings is 1. The van der Waals surface area contributed by atoms with Gasteiger partial charge in [0, 0.05) is 45.7 Å². The molecule has 2 aromatic heterocycles. The van der Waals surface area contributed by atoms with Crippen LogP contribution in [0.3, 0.4) is 0 Å². The third kappa shape index (κ3) is 6.77. The molecule has 4 heterocycles. The molecule has 2 aliphatic heterocycles. The van der Waals surface area contributed by atoms with E-state index in [9.17, 15) is 18.0 Å². The van der Waals surface area contributed by atoms with E-state index < -0.39 is 15.6 Å². The zero-order valence-electron chi connectivity index (χ0n) is 25.2. The first-order chi connectivity index (χ1) is 20.7. The van der Waals surface area contributed by atoms with Crippen LogP contribution in [-0.4, -0.2) is 114 Å². The number of hydrogen-bond acceptors (Lipinski definition) is 9. The molecular weight excluding hydrogens is 574 g/mol. The summed E-state index contributed by atoms with van der Waals surface area (Å²) in [4.78, 5) is 37.8. The van der Waals surface area contributed by atoms with Gasteiger partial charge in [-0.25, -0.2) is 13.4 Å². The summed E-state index contributed by atoms with van der Waals surface area (Å²) in [6.07, 6.45) is 2.39. The minimum absolute atomic E-state index is 0.0175. The Morgan fingerprint density at radius 3 is 2.49 bits per heavy atom. The molecular formula is C29H41N7O6S. The topological polar surface area (TPSA) is 143 Å². The van der Waals surface area contributed by atoms with Crippen molar-refractivity contribution in [3.8, 4) is 17.1 Å². The summed E-state index contributed by atoms with van der Waals surface area (Å²) in [5.74, 6) is 0.659.